The second-order valence-electron chi connectivity index (χ2n) is 4.07. The Hall–Kier alpha value is -0.350. The van der Waals surface area contributed by atoms with E-state index < -0.39 is 0 Å². The zero-order valence-electron chi connectivity index (χ0n) is 9.54. The van der Waals surface area contributed by atoms with Gasteiger partial charge in [-0.15, -0.1) is 0 Å². The molecule has 4 heteroatoms. The predicted octanol–water partition coefficient (Wildman–Crippen LogP) is 5.11. The molecule has 2 aromatic carbocycles. The number of benzene rings is 2. The number of rotatable bonds is 3. The van der Waals surface area contributed by atoms with Crippen LogP contribution in [-0.4, -0.2) is 0 Å². The minimum Gasteiger partial charge on any atom is -0.324 e. The molecular formula is C14H12Br2ClN. The highest BCUT2D eigenvalue weighted by Gasteiger charge is 2.12. The molecule has 2 N–H and O–H groups in total. The smallest absolute Gasteiger partial charge is 0.0410 e. The van der Waals surface area contributed by atoms with Crippen LogP contribution >= 0.6 is 43.5 Å². The van der Waals surface area contributed by atoms with Crippen molar-refractivity contribution in [3.05, 3.63) is 67.6 Å². The topological polar surface area (TPSA) is 26.0 Å². The summed E-state index contributed by atoms with van der Waals surface area (Å²) in [4.78, 5) is 0. The quantitative estimate of drug-likeness (QED) is 0.776. The molecule has 1 atom stereocenters. The van der Waals surface area contributed by atoms with E-state index in [0.29, 0.717) is 5.02 Å². The number of hydrogen-bond acceptors (Lipinski definition) is 1. The molecule has 18 heavy (non-hydrogen) atoms. The fraction of sp³-hybridized carbons (Fsp3) is 0.143. The Labute approximate surface area is 129 Å². The molecule has 0 heterocycles. The highest BCUT2D eigenvalue weighted by molar-refractivity contribution is 9.10. The van der Waals surface area contributed by atoms with Crippen molar-refractivity contribution in [3.63, 3.8) is 0 Å². The van der Waals surface area contributed by atoms with Gasteiger partial charge in [0.15, 0.2) is 0 Å². The van der Waals surface area contributed by atoms with Crippen LogP contribution in [0.1, 0.15) is 17.2 Å². The van der Waals surface area contributed by atoms with Crippen LogP contribution in [0.4, 0.5) is 0 Å². The van der Waals surface area contributed by atoms with Crippen molar-refractivity contribution < 1.29 is 0 Å². The molecule has 2 rings (SSSR count). The lowest BCUT2D eigenvalue weighted by Gasteiger charge is -2.15. The van der Waals surface area contributed by atoms with Crippen molar-refractivity contribution in [1.29, 1.82) is 0 Å². The fourth-order valence-corrected chi connectivity index (χ4v) is 2.98. The summed E-state index contributed by atoms with van der Waals surface area (Å²) >= 11 is 13.1. The Bertz CT molecular complexity index is 557. The van der Waals surface area contributed by atoms with Crippen LogP contribution < -0.4 is 5.73 Å². The zero-order chi connectivity index (χ0) is 13.1. The summed E-state index contributed by atoms with van der Waals surface area (Å²) in [5.74, 6) is 0. The van der Waals surface area contributed by atoms with Gasteiger partial charge in [-0.3, -0.25) is 0 Å². The summed E-state index contributed by atoms with van der Waals surface area (Å²) in [7, 11) is 0. The summed E-state index contributed by atoms with van der Waals surface area (Å²) in [6, 6.07) is 13.7. The molecule has 0 aliphatic rings. The first-order chi connectivity index (χ1) is 8.58. The molecule has 2 aromatic rings. The van der Waals surface area contributed by atoms with Gasteiger partial charge in [0.2, 0.25) is 0 Å². The van der Waals surface area contributed by atoms with Crippen molar-refractivity contribution >= 4 is 43.5 Å². The molecule has 1 unspecified atom stereocenters. The number of halogens is 3. The predicted molar refractivity (Wildman–Crippen MR) is 83.9 cm³/mol. The summed E-state index contributed by atoms with van der Waals surface area (Å²) in [5, 5.41) is 0.704. The average Bonchev–Trinajstić information content (AvgIpc) is 2.35. The average molecular weight is 390 g/mol. The number of nitrogens with two attached hydrogens (primary N) is 1. The maximum absolute atomic E-state index is 6.26. The van der Waals surface area contributed by atoms with Crippen molar-refractivity contribution in [2.24, 2.45) is 5.73 Å². The first-order valence-electron chi connectivity index (χ1n) is 5.52. The molecule has 1 nitrogen and oxygen atoms in total. The largest absolute Gasteiger partial charge is 0.324 e. The van der Waals surface area contributed by atoms with Crippen LogP contribution in [0.15, 0.2) is 51.4 Å². The second-order valence-corrected chi connectivity index (χ2v) is 6.21. The standard InChI is InChI=1S/C14H12Br2ClN/c15-12-4-2-1-3-9(12)7-14(18)11-8-10(17)5-6-13(11)16/h1-6,8,14H,7,18H2. The highest BCUT2D eigenvalue weighted by atomic mass is 79.9. The second kappa shape index (κ2) is 6.20. The molecule has 0 bridgehead atoms. The molecule has 0 saturated heterocycles. The van der Waals surface area contributed by atoms with E-state index in [4.69, 9.17) is 17.3 Å². The van der Waals surface area contributed by atoms with Gasteiger partial charge in [-0.05, 0) is 41.8 Å². The van der Waals surface area contributed by atoms with Crippen LogP contribution in [0.5, 0.6) is 0 Å². The van der Waals surface area contributed by atoms with Gasteiger partial charge in [0.1, 0.15) is 0 Å². The minimum atomic E-state index is -0.0863. The van der Waals surface area contributed by atoms with Gasteiger partial charge in [-0.1, -0.05) is 61.7 Å². The van der Waals surface area contributed by atoms with Gasteiger partial charge in [-0.2, -0.15) is 0 Å². The molecule has 0 aliphatic heterocycles. The van der Waals surface area contributed by atoms with Crippen molar-refractivity contribution in [1.82, 2.24) is 0 Å². The molecule has 0 spiro atoms. The van der Waals surface area contributed by atoms with E-state index in [1.807, 2.05) is 36.4 Å². The van der Waals surface area contributed by atoms with Crippen molar-refractivity contribution in [3.8, 4) is 0 Å². The van der Waals surface area contributed by atoms with E-state index in [0.717, 1.165) is 20.9 Å². The summed E-state index contributed by atoms with van der Waals surface area (Å²) < 4.78 is 2.07. The first-order valence-corrected chi connectivity index (χ1v) is 7.48. The van der Waals surface area contributed by atoms with E-state index >= 15 is 0 Å². The minimum absolute atomic E-state index is 0.0863. The summed E-state index contributed by atoms with van der Waals surface area (Å²) in [6.45, 7) is 0. The van der Waals surface area contributed by atoms with Crippen LogP contribution in [-0.2, 0) is 6.42 Å². The maximum atomic E-state index is 6.26. The lowest BCUT2D eigenvalue weighted by Crippen LogP contribution is -2.14. The lowest BCUT2D eigenvalue weighted by molar-refractivity contribution is 0.716. The maximum Gasteiger partial charge on any atom is 0.0410 e. The van der Waals surface area contributed by atoms with E-state index in [-0.39, 0.29) is 6.04 Å². The van der Waals surface area contributed by atoms with Crippen LogP contribution in [0.25, 0.3) is 0 Å². The Kier molecular flexibility index (Phi) is 4.84. The third-order valence-corrected chi connectivity index (χ3v) is 4.49. The summed E-state index contributed by atoms with van der Waals surface area (Å²) in [6.07, 6.45) is 0.764. The van der Waals surface area contributed by atoms with E-state index in [1.54, 1.807) is 0 Å². The van der Waals surface area contributed by atoms with Crippen molar-refractivity contribution in [2.75, 3.05) is 0 Å². The Morgan fingerprint density at radius 1 is 1.06 bits per heavy atom. The Balaban J connectivity index is 2.25. The third kappa shape index (κ3) is 3.35. The van der Waals surface area contributed by atoms with Crippen molar-refractivity contribution in [2.45, 2.75) is 12.5 Å². The van der Waals surface area contributed by atoms with E-state index in [9.17, 15) is 0 Å². The van der Waals surface area contributed by atoms with Gasteiger partial charge in [0, 0.05) is 20.0 Å². The van der Waals surface area contributed by atoms with E-state index in [2.05, 4.69) is 37.9 Å². The molecule has 0 fully saturated rings. The zero-order valence-corrected chi connectivity index (χ0v) is 13.5. The molecule has 0 aromatic heterocycles. The van der Waals surface area contributed by atoms with Gasteiger partial charge in [-0.25, -0.2) is 0 Å². The fourth-order valence-electron chi connectivity index (χ4n) is 1.81. The lowest BCUT2D eigenvalue weighted by atomic mass is 10.00. The van der Waals surface area contributed by atoms with Crippen LogP contribution in [0, 0.1) is 0 Å². The highest BCUT2D eigenvalue weighted by Crippen LogP contribution is 2.29. The third-order valence-electron chi connectivity index (χ3n) is 2.76. The summed E-state index contributed by atoms with van der Waals surface area (Å²) in [5.41, 5.74) is 8.47. The number of hydrogen-bond donors (Lipinski definition) is 1. The van der Waals surface area contributed by atoms with Gasteiger partial charge in [0.05, 0.1) is 0 Å². The molecule has 0 radical (unpaired) electrons. The first kappa shape index (κ1) is 14.1. The van der Waals surface area contributed by atoms with Gasteiger partial charge < -0.3 is 5.73 Å². The SMILES string of the molecule is NC(Cc1ccccc1Br)c1cc(Cl)ccc1Br. The Morgan fingerprint density at radius 2 is 1.78 bits per heavy atom. The van der Waals surface area contributed by atoms with Crippen LogP contribution in [0.2, 0.25) is 5.02 Å². The van der Waals surface area contributed by atoms with Gasteiger partial charge in [0.25, 0.3) is 0 Å². The van der Waals surface area contributed by atoms with E-state index in [1.165, 1.54) is 5.56 Å². The molecule has 0 saturated carbocycles. The normalized spacial score (nSPS) is 12.4. The van der Waals surface area contributed by atoms with Crippen LogP contribution in [0.3, 0.4) is 0 Å². The molecule has 0 amide bonds. The Morgan fingerprint density at radius 3 is 2.50 bits per heavy atom. The molecular weight excluding hydrogens is 377 g/mol. The molecule has 94 valence electrons. The van der Waals surface area contributed by atoms with Gasteiger partial charge >= 0.3 is 0 Å². The monoisotopic (exact) mass is 387 g/mol. The molecule has 0 aliphatic carbocycles.